The van der Waals surface area contributed by atoms with E-state index >= 15 is 0 Å². The van der Waals surface area contributed by atoms with Crippen LogP contribution in [0.1, 0.15) is 47.5 Å². The van der Waals surface area contributed by atoms with Crippen LogP contribution in [-0.2, 0) is 9.53 Å². The molecule has 2 nitrogen and oxygen atoms in total. The predicted molar refractivity (Wildman–Crippen MR) is 81.9 cm³/mol. The van der Waals surface area contributed by atoms with Crippen molar-refractivity contribution in [3.63, 3.8) is 0 Å². The molecule has 2 heteroatoms. The van der Waals surface area contributed by atoms with Gasteiger partial charge in [-0.25, -0.2) is 4.79 Å². The Morgan fingerprint density at radius 1 is 1.16 bits per heavy atom. The molecule has 0 aromatic rings. The van der Waals surface area contributed by atoms with Crippen LogP contribution < -0.4 is 0 Å². The van der Waals surface area contributed by atoms with Gasteiger partial charge in [0, 0.05) is 6.08 Å². The molecule has 0 bridgehead atoms. The van der Waals surface area contributed by atoms with E-state index in [9.17, 15) is 4.79 Å². The summed E-state index contributed by atoms with van der Waals surface area (Å²) in [6.07, 6.45) is 11.8. The minimum atomic E-state index is -0.293. The molecule has 0 heterocycles. The highest BCUT2D eigenvalue weighted by molar-refractivity contribution is 5.82. The quantitative estimate of drug-likeness (QED) is 0.361. The van der Waals surface area contributed by atoms with Gasteiger partial charge in [-0.2, -0.15) is 0 Å². The van der Waals surface area contributed by atoms with Crippen molar-refractivity contribution >= 4 is 5.97 Å². The molecule has 0 saturated heterocycles. The number of allylic oxidation sites excluding steroid dienone is 5. The zero-order chi connectivity index (χ0) is 14.7. The summed E-state index contributed by atoms with van der Waals surface area (Å²) in [6, 6.07) is 0. The minimum Gasteiger partial charge on any atom is -0.463 e. The number of esters is 1. The number of hydrogen-bond acceptors (Lipinski definition) is 2. The van der Waals surface area contributed by atoms with Crippen LogP contribution in [0.2, 0.25) is 0 Å². The second-order valence-electron chi connectivity index (χ2n) is 5.01. The van der Waals surface area contributed by atoms with Gasteiger partial charge in [0.05, 0.1) is 6.61 Å². The van der Waals surface area contributed by atoms with Crippen molar-refractivity contribution in [2.45, 2.75) is 47.5 Å². The summed E-state index contributed by atoms with van der Waals surface area (Å²) >= 11 is 0. The van der Waals surface area contributed by atoms with Gasteiger partial charge in [0.1, 0.15) is 0 Å². The van der Waals surface area contributed by atoms with Gasteiger partial charge in [-0.1, -0.05) is 63.5 Å². The standard InChI is InChI=1S/C17H28O2/c1-6-10-15(4)16(5)13-14(3)11-8-9-12-17(18)19-7-2/h8-9,11-13,15-16H,6-7,10H2,1-5H3/b11-8+,12-9+,14-13+/t15-,16-/m0/s1. The fraction of sp³-hybridized carbons (Fsp3) is 0.588. The van der Waals surface area contributed by atoms with Gasteiger partial charge in [0.25, 0.3) is 0 Å². The Labute approximate surface area is 118 Å². The number of rotatable bonds is 8. The topological polar surface area (TPSA) is 26.3 Å². The lowest BCUT2D eigenvalue weighted by Gasteiger charge is -2.15. The Bertz CT molecular complexity index is 337. The third-order valence-corrected chi connectivity index (χ3v) is 3.16. The number of ether oxygens (including phenoxy) is 1. The zero-order valence-electron chi connectivity index (χ0n) is 13.0. The molecular weight excluding hydrogens is 236 g/mol. The van der Waals surface area contributed by atoms with E-state index in [1.807, 2.05) is 12.2 Å². The summed E-state index contributed by atoms with van der Waals surface area (Å²) in [4.78, 5) is 11.1. The molecule has 0 aliphatic carbocycles. The SMILES string of the molecule is CCC[C@H](C)[C@@H](C)/C=C(C)/C=C/C=C/C(=O)OCC. The van der Waals surface area contributed by atoms with E-state index in [1.54, 1.807) is 13.0 Å². The van der Waals surface area contributed by atoms with Gasteiger partial charge in [-0.05, 0) is 25.7 Å². The van der Waals surface area contributed by atoms with Crippen LogP contribution in [0.15, 0.2) is 36.0 Å². The van der Waals surface area contributed by atoms with E-state index in [0.717, 1.165) is 0 Å². The smallest absolute Gasteiger partial charge is 0.330 e. The Balaban J connectivity index is 4.27. The molecule has 108 valence electrons. The summed E-state index contributed by atoms with van der Waals surface area (Å²) in [5.74, 6) is 1.00. The molecule has 0 amide bonds. The van der Waals surface area contributed by atoms with Crippen molar-refractivity contribution in [3.8, 4) is 0 Å². The van der Waals surface area contributed by atoms with Crippen molar-refractivity contribution in [1.29, 1.82) is 0 Å². The lowest BCUT2D eigenvalue weighted by Crippen LogP contribution is -2.05. The number of carbonyl (C=O) groups excluding carboxylic acids is 1. The normalized spacial score (nSPS) is 15.9. The molecule has 0 N–H and O–H groups in total. The second kappa shape index (κ2) is 10.6. The first-order valence-electron chi connectivity index (χ1n) is 7.21. The van der Waals surface area contributed by atoms with Gasteiger partial charge >= 0.3 is 5.97 Å². The Morgan fingerprint density at radius 2 is 1.79 bits per heavy atom. The molecule has 0 rings (SSSR count). The molecule has 0 radical (unpaired) electrons. The molecule has 0 saturated carbocycles. The summed E-state index contributed by atoms with van der Waals surface area (Å²) in [5, 5.41) is 0. The van der Waals surface area contributed by atoms with E-state index in [-0.39, 0.29) is 5.97 Å². The molecule has 0 aliphatic heterocycles. The molecule has 0 aromatic carbocycles. The summed E-state index contributed by atoms with van der Waals surface area (Å²) < 4.78 is 4.80. The molecule has 0 spiro atoms. The minimum absolute atomic E-state index is 0.293. The van der Waals surface area contributed by atoms with Gasteiger partial charge < -0.3 is 4.74 Å². The maximum Gasteiger partial charge on any atom is 0.330 e. The highest BCUT2D eigenvalue weighted by Gasteiger charge is 2.07. The average molecular weight is 264 g/mol. The van der Waals surface area contributed by atoms with E-state index in [1.165, 1.54) is 24.5 Å². The molecule has 0 aliphatic rings. The average Bonchev–Trinajstić information content (AvgIpc) is 2.35. The van der Waals surface area contributed by atoms with Crippen LogP contribution in [0.4, 0.5) is 0 Å². The Morgan fingerprint density at radius 3 is 2.37 bits per heavy atom. The predicted octanol–water partition coefficient (Wildman–Crippen LogP) is 4.68. The molecule has 0 unspecified atom stereocenters. The molecule has 0 fully saturated rings. The van der Waals surface area contributed by atoms with Gasteiger partial charge in [0.2, 0.25) is 0 Å². The Hall–Kier alpha value is -1.31. The van der Waals surface area contributed by atoms with Crippen LogP contribution in [-0.4, -0.2) is 12.6 Å². The molecule has 19 heavy (non-hydrogen) atoms. The lowest BCUT2D eigenvalue weighted by molar-refractivity contribution is -0.137. The molecule has 0 aromatic heterocycles. The van der Waals surface area contributed by atoms with E-state index < -0.39 is 0 Å². The highest BCUT2D eigenvalue weighted by Crippen LogP contribution is 2.19. The number of hydrogen-bond donors (Lipinski definition) is 0. The first-order valence-corrected chi connectivity index (χ1v) is 7.21. The van der Waals surface area contributed by atoms with Crippen LogP contribution in [0.3, 0.4) is 0 Å². The van der Waals surface area contributed by atoms with Crippen molar-refractivity contribution < 1.29 is 9.53 Å². The van der Waals surface area contributed by atoms with E-state index in [0.29, 0.717) is 18.4 Å². The van der Waals surface area contributed by atoms with Gasteiger partial charge in [-0.3, -0.25) is 0 Å². The first kappa shape index (κ1) is 17.7. The first-order chi connectivity index (χ1) is 9.01. The van der Waals surface area contributed by atoms with Gasteiger partial charge in [-0.15, -0.1) is 0 Å². The Kier molecular flexibility index (Phi) is 9.87. The summed E-state index contributed by atoms with van der Waals surface area (Å²) in [7, 11) is 0. The maximum atomic E-state index is 11.1. The van der Waals surface area contributed by atoms with Crippen molar-refractivity contribution in [3.05, 3.63) is 36.0 Å². The van der Waals surface area contributed by atoms with Crippen LogP contribution >= 0.6 is 0 Å². The van der Waals surface area contributed by atoms with Crippen LogP contribution in [0.25, 0.3) is 0 Å². The van der Waals surface area contributed by atoms with Crippen molar-refractivity contribution in [2.24, 2.45) is 11.8 Å². The zero-order valence-corrected chi connectivity index (χ0v) is 13.0. The number of carbonyl (C=O) groups is 1. The van der Waals surface area contributed by atoms with E-state index in [2.05, 4.69) is 33.8 Å². The fourth-order valence-electron chi connectivity index (χ4n) is 1.88. The third kappa shape index (κ3) is 9.29. The largest absolute Gasteiger partial charge is 0.463 e. The lowest BCUT2D eigenvalue weighted by atomic mass is 9.90. The molecular formula is C17H28O2. The van der Waals surface area contributed by atoms with Gasteiger partial charge in [0.15, 0.2) is 0 Å². The van der Waals surface area contributed by atoms with Crippen LogP contribution in [0.5, 0.6) is 0 Å². The summed E-state index contributed by atoms with van der Waals surface area (Å²) in [6.45, 7) is 11.1. The second-order valence-corrected chi connectivity index (χ2v) is 5.01. The van der Waals surface area contributed by atoms with Crippen molar-refractivity contribution in [1.82, 2.24) is 0 Å². The molecule has 2 atom stereocenters. The highest BCUT2D eigenvalue weighted by atomic mass is 16.5. The summed E-state index contributed by atoms with van der Waals surface area (Å²) in [5.41, 5.74) is 1.23. The van der Waals surface area contributed by atoms with Crippen molar-refractivity contribution in [2.75, 3.05) is 6.61 Å². The maximum absolute atomic E-state index is 11.1. The fourth-order valence-corrected chi connectivity index (χ4v) is 1.88. The third-order valence-electron chi connectivity index (χ3n) is 3.16. The van der Waals surface area contributed by atoms with E-state index in [4.69, 9.17) is 4.74 Å². The van der Waals surface area contributed by atoms with Crippen LogP contribution in [0, 0.1) is 11.8 Å². The monoisotopic (exact) mass is 264 g/mol.